The SMILES string of the molecule is CC.O=C1NCCC1c1nnc(-c2cccnc2Nc2ccc(C(F)(F)F)cn2)o1. The van der Waals surface area contributed by atoms with Crippen LogP contribution in [0.15, 0.2) is 41.1 Å². The van der Waals surface area contributed by atoms with Crippen molar-refractivity contribution in [2.24, 2.45) is 0 Å². The van der Waals surface area contributed by atoms with E-state index < -0.39 is 17.7 Å². The van der Waals surface area contributed by atoms with Crippen molar-refractivity contribution < 1.29 is 22.4 Å². The number of carbonyl (C=O) groups is 1. The number of amides is 1. The summed E-state index contributed by atoms with van der Waals surface area (Å²) in [5.74, 6) is 0.118. The Hall–Kier alpha value is -3.50. The predicted molar refractivity (Wildman–Crippen MR) is 102 cm³/mol. The molecular formula is C19H19F3N6O2. The first kappa shape index (κ1) is 21.2. The molecule has 1 saturated heterocycles. The van der Waals surface area contributed by atoms with Crippen LogP contribution in [0.25, 0.3) is 11.5 Å². The molecule has 3 aromatic rings. The molecule has 0 radical (unpaired) electrons. The van der Waals surface area contributed by atoms with Gasteiger partial charge in [-0.2, -0.15) is 13.2 Å². The van der Waals surface area contributed by atoms with E-state index in [4.69, 9.17) is 4.42 Å². The summed E-state index contributed by atoms with van der Waals surface area (Å²) in [5, 5.41) is 13.4. The lowest BCUT2D eigenvalue weighted by Crippen LogP contribution is -2.18. The minimum absolute atomic E-state index is 0.136. The molecule has 30 heavy (non-hydrogen) atoms. The van der Waals surface area contributed by atoms with Crippen molar-refractivity contribution in [3.8, 4) is 11.5 Å². The third-order valence-electron chi connectivity index (χ3n) is 4.16. The van der Waals surface area contributed by atoms with Crippen molar-refractivity contribution in [1.82, 2.24) is 25.5 Å². The number of halogens is 3. The van der Waals surface area contributed by atoms with Crippen molar-refractivity contribution in [2.75, 3.05) is 11.9 Å². The van der Waals surface area contributed by atoms with E-state index in [1.54, 1.807) is 12.1 Å². The Morgan fingerprint density at radius 1 is 1.17 bits per heavy atom. The summed E-state index contributed by atoms with van der Waals surface area (Å²) < 4.78 is 43.6. The van der Waals surface area contributed by atoms with Crippen LogP contribution in [0.5, 0.6) is 0 Å². The van der Waals surface area contributed by atoms with Gasteiger partial charge in [0.15, 0.2) is 0 Å². The van der Waals surface area contributed by atoms with Gasteiger partial charge in [-0.05, 0) is 30.7 Å². The van der Waals surface area contributed by atoms with Gasteiger partial charge in [-0.15, -0.1) is 10.2 Å². The average Bonchev–Trinajstić information content (AvgIpc) is 3.38. The molecule has 0 aliphatic carbocycles. The molecule has 0 spiro atoms. The third-order valence-corrected chi connectivity index (χ3v) is 4.16. The first-order chi connectivity index (χ1) is 14.4. The fourth-order valence-electron chi connectivity index (χ4n) is 2.75. The second kappa shape index (κ2) is 8.89. The molecule has 3 aromatic heterocycles. The smallest absolute Gasteiger partial charge is 0.417 e. The number of carbonyl (C=O) groups excluding carboxylic acids is 1. The molecule has 1 unspecified atom stereocenters. The number of hydrogen-bond donors (Lipinski definition) is 2. The monoisotopic (exact) mass is 420 g/mol. The molecule has 0 bridgehead atoms. The minimum atomic E-state index is -4.46. The zero-order valence-corrected chi connectivity index (χ0v) is 16.2. The van der Waals surface area contributed by atoms with Crippen LogP contribution in [0, 0.1) is 0 Å². The fraction of sp³-hybridized carbons (Fsp3) is 0.316. The topological polar surface area (TPSA) is 106 Å². The summed E-state index contributed by atoms with van der Waals surface area (Å²) >= 11 is 0. The first-order valence-electron chi connectivity index (χ1n) is 9.28. The van der Waals surface area contributed by atoms with Gasteiger partial charge >= 0.3 is 6.18 Å². The number of nitrogens with one attached hydrogen (secondary N) is 2. The van der Waals surface area contributed by atoms with Gasteiger partial charge in [0.1, 0.15) is 17.6 Å². The van der Waals surface area contributed by atoms with Crippen LogP contribution in [0.4, 0.5) is 24.8 Å². The predicted octanol–water partition coefficient (Wildman–Crippen LogP) is 3.92. The Labute approximate surface area is 169 Å². The number of rotatable bonds is 4. The van der Waals surface area contributed by atoms with Crippen molar-refractivity contribution in [3.05, 3.63) is 48.1 Å². The maximum absolute atomic E-state index is 12.7. The average molecular weight is 420 g/mol. The van der Waals surface area contributed by atoms with Gasteiger partial charge in [0.25, 0.3) is 5.89 Å². The molecule has 11 heteroatoms. The summed E-state index contributed by atoms with van der Waals surface area (Å²) in [7, 11) is 0. The molecule has 2 N–H and O–H groups in total. The van der Waals surface area contributed by atoms with Crippen LogP contribution >= 0.6 is 0 Å². The fourth-order valence-corrected chi connectivity index (χ4v) is 2.75. The van der Waals surface area contributed by atoms with E-state index in [0.29, 0.717) is 18.5 Å². The Bertz CT molecular complexity index is 1000. The zero-order chi connectivity index (χ0) is 21.7. The van der Waals surface area contributed by atoms with Crippen LogP contribution in [-0.2, 0) is 11.0 Å². The first-order valence-corrected chi connectivity index (χ1v) is 9.28. The van der Waals surface area contributed by atoms with Gasteiger partial charge in [0.05, 0.1) is 11.1 Å². The lowest BCUT2D eigenvalue weighted by atomic mass is 10.1. The molecule has 0 saturated carbocycles. The molecule has 1 aliphatic heterocycles. The molecule has 8 nitrogen and oxygen atoms in total. The maximum Gasteiger partial charge on any atom is 0.417 e. The van der Waals surface area contributed by atoms with Gasteiger partial charge < -0.3 is 15.1 Å². The molecule has 4 rings (SSSR count). The van der Waals surface area contributed by atoms with E-state index in [-0.39, 0.29) is 29.3 Å². The number of alkyl halides is 3. The van der Waals surface area contributed by atoms with Gasteiger partial charge in [-0.1, -0.05) is 13.8 Å². The van der Waals surface area contributed by atoms with Crippen molar-refractivity contribution in [3.63, 3.8) is 0 Å². The Morgan fingerprint density at radius 2 is 1.97 bits per heavy atom. The van der Waals surface area contributed by atoms with Crippen LogP contribution in [0.1, 0.15) is 37.6 Å². The lowest BCUT2D eigenvalue weighted by Gasteiger charge is -2.09. The highest BCUT2D eigenvalue weighted by molar-refractivity contribution is 5.84. The number of anilines is 2. The van der Waals surface area contributed by atoms with E-state index in [1.165, 1.54) is 12.3 Å². The van der Waals surface area contributed by atoms with Crippen molar-refractivity contribution in [2.45, 2.75) is 32.4 Å². The summed E-state index contributed by atoms with van der Waals surface area (Å²) in [5.41, 5.74) is -0.419. The van der Waals surface area contributed by atoms with Gasteiger partial charge in [-0.25, -0.2) is 9.97 Å². The van der Waals surface area contributed by atoms with Gasteiger partial charge in [-0.3, -0.25) is 4.79 Å². The Morgan fingerprint density at radius 3 is 2.60 bits per heavy atom. The maximum atomic E-state index is 12.7. The van der Waals surface area contributed by atoms with Crippen LogP contribution in [0.2, 0.25) is 0 Å². The number of pyridine rings is 2. The van der Waals surface area contributed by atoms with Crippen LogP contribution in [0.3, 0.4) is 0 Å². The van der Waals surface area contributed by atoms with E-state index >= 15 is 0 Å². The molecule has 0 aromatic carbocycles. The minimum Gasteiger partial charge on any atom is -0.420 e. The highest BCUT2D eigenvalue weighted by Crippen LogP contribution is 2.32. The number of hydrogen-bond acceptors (Lipinski definition) is 7. The zero-order valence-electron chi connectivity index (χ0n) is 16.2. The molecule has 1 fully saturated rings. The van der Waals surface area contributed by atoms with E-state index in [0.717, 1.165) is 12.3 Å². The molecule has 1 amide bonds. The van der Waals surface area contributed by atoms with Crippen LogP contribution in [-0.4, -0.2) is 32.6 Å². The lowest BCUT2D eigenvalue weighted by molar-refractivity contribution is -0.137. The second-order valence-corrected chi connectivity index (χ2v) is 6.03. The Kier molecular flexibility index (Phi) is 6.28. The van der Waals surface area contributed by atoms with Gasteiger partial charge in [0.2, 0.25) is 11.8 Å². The van der Waals surface area contributed by atoms with Crippen molar-refractivity contribution >= 4 is 17.5 Å². The normalized spacial score (nSPS) is 15.9. The van der Waals surface area contributed by atoms with Crippen molar-refractivity contribution in [1.29, 1.82) is 0 Å². The summed E-state index contributed by atoms with van der Waals surface area (Å²) in [4.78, 5) is 19.7. The molecule has 1 atom stereocenters. The van der Waals surface area contributed by atoms with E-state index in [9.17, 15) is 18.0 Å². The summed E-state index contributed by atoms with van der Waals surface area (Å²) in [6, 6.07) is 5.42. The number of nitrogens with zero attached hydrogens (tertiary/aromatic N) is 4. The molecule has 1 aliphatic rings. The second-order valence-electron chi connectivity index (χ2n) is 6.03. The highest BCUT2D eigenvalue weighted by Gasteiger charge is 2.32. The van der Waals surface area contributed by atoms with Gasteiger partial charge in [0, 0.05) is 18.9 Å². The molecular weight excluding hydrogens is 401 g/mol. The summed E-state index contributed by atoms with van der Waals surface area (Å²) in [6.45, 7) is 4.54. The number of aromatic nitrogens is 4. The standard InChI is InChI=1S/C17H13F3N6O2.C2H6/c18-17(19,20)9-3-4-12(23-8-9)24-13-10(2-1-6-21-13)15-25-26-16(28-15)11-5-7-22-14(11)27;1-2/h1-4,6,8,11H,5,7H2,(H,22,27)(H,21,23,24);1-2H3. The molecule has 4 heterocycles. The third kappa shape index (κ3) is 4.56. The largest absolute Gasteiger partial charge is 0.420 e. The highest BCUT2D eigenvalue weighted by atomic mass is 19.4. The van der Waals surface area contributed by atoms with E-state index in [1.807, 2.05) is 13.8 Å². The van der Waals surface area contributed by atoms with E-state index in [2.05, 4.69) is 30.8 Å². The molecule has 158 valence electrons. The van der Waals surface area contributed by atoms with Crippen LogP contribution < -0.4 is 10.6 Å². The summed E-state index contributed by atoms with van der Waals surface area (Å²) in [6.07, 6.45) is -1.67. The Balaban J connectivity index is 0.00000124. The quantitative estimate of drug-likeness (QED) is 0.659.